The van der Waals surface area contributed by atoms with Crippen LogP contribution < -0.4 is 15.2 Å². The highest BCUT2D eigenvalue weighted by molar-refractivity contribution is 5.46. The number of fused-ring (bicyclic) bond motifs is 1. The molecular formula is C11H13NO2. The summed E-state index contributed by atoms with van der Waals surface area (Å²) in [5.41, 5.74) is 7.29. The Kier molecular flexibility index (Phi) is 1.53. The van der Waals surface area contributed by atoms with E-state index in [9.17, 15) is 0 Å². The van der Waals surface area contributed by atoms with E-state index in [2.05, 4.69) is 0 Å². The summed E-state index contributed by atoms with van der Waals surface area (Å²) >= 11 is 0. The highest BCUT2D eigenvalue weighted by Crippen LogP contribution is 2.42. The Labute approximate surface area is 82.8 Å². The standard InChI is InChI=1S/C11H13NO2/c12-11(4-1-5-11)8-2-3-9-10(6-8)14-7-13-9/h2-3,6H,1,4-5,7,12H2. The van der Waals surface area contributed by atoms with Crippen molar-refractivity contribution >= 4 is 0 Å². The van der Waals surface area contributed by atoms with Crippen LogP contribution in [0.1, 0.15) is 24.8 Å². The first-order valence-electron chi connectivity index (χ1n) is 4.97. The van der Waals surface area contributed by atoms with Crippen LogP contribution in [-0.2, 0) is 5.54 Å². The van der Waals surface area contributed by atoms with Crippen LogP contribution in [0.4, 0.5) is 0 Å². The fraction of sp³-hybridized carbons (Fsp3) is 0.455. The second-order valence-electron chi connectivity index (χ2n) is 4.08. The summed E-state index contributed by atoms with van der Waals surface area (Å²) in [6.07, 6.45) is 3.38. The maximum atomic E-state index is 6.22. The Morgan fingerprint density at radius 3 is 2.64 bits per heavy atom. The van der Waals surface area contributed by atoms with E-state index >= 15 is 0 Å². The van der Waals surface area contributed by atoms with Gasteiger partial charge in [0, 0.05) is 5.54 Å². The predicted molar refractivity (Wildman–Crippen MR) is 52.3 cm³/mol. The molecule has 1 fully saturated rings. The van der Waals surface area contributed by atoms with Crippen molar-refractivity contribution in [3.05, 3.63) is 23.8 Å². The molecule has 3 rings (SSSR count). The molecule has 0 saturated heterocycles. The van der Waals surface area contributed by atoms with Crippen LogP contribution in [0, 0.1) is 0 Å². The number of hydrogen-bond acceptors (Lipinski definition) is 3. The lowest BCUT2D eigenvalue weighted by Crippen LogP contribution is -2.43. The lowest BCUT2D eigenvalue weighted by Gasteiger charge is -2.38. The molecule has 74 valence electrons. The van der Waals surface area contributed by atoms with Crippen molar-refractivity contribution in [1.82, 2.24) is 0 Å². The average Bonchev–Trinajstić information content (AvgIpc) is 2.60. The number of ether oxygens (including phenoxy) is 2. The molecule has 0 bridgehead atoms. The van der Waals surface area contributed by atoms with Crippen molar-refractivity contribution < 1.29 is 9.47 Å². The SMILES string of the molecule is NC1(c2ccc3c(c2)OCO3)CCC1. The van der Waals surface area contributed by atoms with Crippen LogP contribution in [-0.4, -0.2) is 6.79 Å². The highest BCUT2D eigenvalue weighted by atomic mass is 16.7. The average molecular weight is 191 g/mol. The first-order valence-corrected chi connectivity index (χ1v) is 4.97. The Morgan fingerprint density at radius 1 is 1.14 bits per heavy atom. The van der Waals surface area contributed by atoms with E-state index in [0.717, 1.165) is 24.3 Å². The van der Waals surface area contributed by atoms with Crippen LogP contribution in [0.15, 0.2) is 18.2 Å². The summed E-state index contributed by atoms with van der Waals surface area (Å²) in [4.78, 5) is 0. The third kappa shape index (κ3) is 1.02. The molecular weight excluding hydrogens is 178 g/mol. The molecule has 3 heteroatoms. The Morgan fingerprint density at radius 2 is 1.93 bits per heavy atom. The molecule has 0 aromatic heterocycles. The topological polar surface area (TPSA) is 44.5 Å². The quantitative estimate of drug-likeness (QED) is 0.735. The van der Waals surface area contributed by atoms with Crippen molar-refractivity contribution in [1.29, 1.82) is 0 Å². The van der Waals surface area contributed by atoms with Gasteiger partial charge in [-0.15, -0.1) is 0 Å². The van der Waals surface area contributed by atoms with Crippen LogP contribution in [0.3, 0.4) is 0 Å². The number of benzene rings is 1. The molecule has 14 heavy (non-hydrogen) atoms. The molecule has 0 amide bonds. The van der Waals surface area contributed by atoms with Gasteiger partial charge >= 0.3 is 0 Å². The molecule has 3 nitrogen and oxygen atoms in total. The van der Waals surface area contributed by atoms with E-state index in [4.69, 9.17) is 15.2 Å². The van der Waals surface area contributed by atoms with Gasteiger partial charge in [-0.2, -0.15) is 0 Å². The molecule has 1 aromatic rings. The van der Waals surface area contributed by atoms with E-state index in [1.54, 1.807) is 0 Å². The lowest BCUT2D eigenvalue weighted by atomic mass is 9.73. The summed E-state index contributed by atoms with van der Waals surface area (Å²) in [5.74, 6) is 1.66. The molecule has 0 spiro atoms. The van der Waals surface area contributed by atoms with Gasteiger partial charge in [0.25, 0.3) is 0 Å². The van der Waals surface area contributed by atoms with Crippen molar-refractivity contribution in [2.45, 2.75) is 24.8 Å². The Bertz CT molecular complexity index is 372. The highest BCUT2D eigenvalue weighted by Gasteiger charge is 2.35. The van der Waals surface area contributed by atoms with Crippen LogP contribution in [0.2, 0.25) is 0 Å². The minimum atomic E-state index is -0.110. The Balaban J connectivity index is 2.00. The molecule has 1 saturated carbocycles. The number of nitrogens with two attached hydrogens (primary N) is 1. The molecule has 1 heterocycles. The minimum absolute atomic E-state index is 0.110. The molecule has 1 aliphatic carbocycles. The van der Waals surface area contributed by atoms with Crippen LogP contribution >= 0.6 is 0 Å². The van der Waals surface area contributed by atoms with Gasteiger partial charge in [0.05, 0.1) is 0 Å². The molecule has 0 unspecified atom stereocenters. The molecule has 2 N–H and O–H groups in total. The number of hydrogen-bond donors (Lipinski definition) is 1. The van der Waals surface area contributed by atoms with Gasteiger partial charge in [0.1, 0.15) is 0 Å². The van der Waals surface area contributed by atoms with Gasteiger partial charge in [0.15, 0.2) is 11.5 Å². The van der Waals surface area contributed by atoms with E-state index < -0.39 is 0 Å². The van der Waals surface area contributed by atoms with Gasteiger partial charge < -0.3 is 15.2 Å². The molecule has 1 aromatic carbocycles. The van der Waals surface area contributed by atoms with Crippen LogP contribution in [0.25, 0.3) is 0 Å². The van der Waals surface area contributed by atoms with Crippen molar-refractivity contribution in [3.8, 4) is 11.5 Å². The summed E-state index contributed by atoms with van der Waals surface area (Å²) in [6.45, 7) is 0.330. The van der Waals surface area contributed by atoms with Crippen molar-refractivity contribution in [3.63, 3.8) is 0 Å². The van der Waals surface area contributed by atoms with Crippen molar-refractivity contribution in [2.75, 3.05) is 6.79 Å². The molecule has 0 atom stereocenters. The smallest absolute Gasteiger partial charge is 0.231 e. The molecule has 2 aliphatic rings. The Hall–Kier alpha value is -1.22. The second kappa shape index (κ2) is 2.64. The van der Waals surface area contributed by atoms with E-state index in [1.165, 1.54) is 12.0 Å². The predicted octanol–water partition coefficient (Wildman–Crippen LogP) is 1.75. The van der Waals surface area contributed by atoms with Crippen molar-refractivity contribution in [2.24, 2.45) is 5.73 Å². The third-order valence-electron chi connectivity index (χ3n) is 3.19. The summed E-state index contributed by atoms with van der Waals surface area (Å²) in [5, 5.41) is 0. The lowest BCUT2D eigenvalue weighted by molar-refractivity contribution is 0.173. The third-order valence-corrected chi connectivity index (χ3v) is 3.19. The van der Waals surface area contributed by atoms with E-state index in [1.807, 2.05) is 18.2 Å². The van der Waals surface area contributed by atoms with Gasteiger partial charge in [-0.25, -0.2) is 0 Å². The molecule has 0 radical (unpaired) electrons. The van der Waals surface area contributed by atoms with E-state index in [-0.39, 0.29) is 5.54 Å². The first kappa shape index (κ1) is 8.12. The minimum Gasteiger partial charge on any atom is -0.454 e. The zero-order valence-corrected chi connectivity index (χ0v) is 7.95. The summed E-state index contributed by atoms with van der Waals surface area (Å²) < 4.78 is 10.6. The maximum Gasteiger partial charge on any atom is 0.231 e. The normalized spacial score (nSPS) is 21.8. The second-order valence-corrected chi connectivity index (χ2v) is 4.08. The monoisotopic (exact) mass is 191 g/mol. The van der Waals surface area contributed by atoms with Gasteiger partial charge in [-0.1, -0.05) is 6.07 Å². The van der Waals surface area contributed by atoms with Gasteiger partial charge in [-0.05, 0) is 37.0 Å². The first-order chi connectivity index (χ1) is 6.78. The maximum absolute atomic E-state index is 6.22. The number of rotatable bonds is 1. The fourth-order valence-corrected chi connectivity index (χ4v) is 2.05. The van der Waals surface area contributed by atoms with E-state index in [0.29, 0.717) is 6.79 Å². The zero-order chi connectivity index (χ0) is 9.60. The summed E-state index contributed by atoms with van der Waals surface area (Å²) in [6, 6.07) is 6.01. The van der Waals surface area contributed by atoms with Gasteiger partial charge in [0.2, 0.25) is 6.79 Å². The molecule has 1 aliphatic heterocycles. The van der Waals surface area contributed by atoms with Crippen LogP contribution in [0.5, 0.6) is 11.5 Å². The largest absolute Gasteiger partial charge is 0.454 e. The zero-order valence-electron chi connectivity index (χ0n) is 7.95. The summed E-state index contributed by atoms with van der Waals surface area (Å²) in [7, 11) is 0. The van der Waals surface area contributed by atoms with Gasteiger partial charge in [-0.3, -0.25) is 0 Å². The fourth-order valence-electron chi connectivity index (χ4n) is 2.05.